The second-order valence-electron chi connectivity index (χ2n) is 10.6. The van der Waals surface area contributed by atoms with Gasteiger partial charge in [-0.15, -0.1) is 0 Å². The van der Waals surface area contributed by atoms with Gasteiger partial charge >= 0.3 is 0 Å². The van der Waals surface area contributed by atoms with Crippen LogP contribution >= 0.6 is 0 Å². The highest BCUT2D eigenvalue weighted by Crippen LogP contribution is 2.24. The molecule has 3 atom stereocenters. The fourth-order valence-electron chi connectivity index (χ4n) is 4.42. The van der Waals surface area contributed by atoms with E-state index in [1.807, 2.05) is 6.92 Å². The van der Waals surface area contributed by atoms with Crippen molar-refractivity contribution < 1.29 is 13.0 Å². The molecule has 0 saturated heterocycles. The summed E-state index contributed by atoms with van der Waals surface area (Å²) >= 11 is 0. The molecule has 0 aliphatic rings. The smallest absolute Gasteiger partial charge is 0.282 e. The van der Waals surface area contributed by atoms with Gasteiger partial charge in [0.25, 0.3) is 10.1 Å². The third kappa shape index (κ3) is 12.7. The number of hydrogen-bond donors (Lipinski definition) is 1. The van der Waals surface area contributed by atoms with Gasteiger partial charge in [-0.05, 0) is 66.7 Å². The molecular weight excluding hydrogens is 404 g/mol. The van der Waals surface area contributed by atoms with Gasteiger partial charge in [-0.1, -0.05) is 98.5 Å². The Balaban J connectivity index is 2.22. The number of aryl methyl sites for hydroxylation is 2. The van der Waals surface area contributed by atoms with E-state index in [9.17, 15) is 13.0 Å². The average Bonchev–Trinajstić information content (AvgIpc) is 2.66. The fourth-order valence-corrected chi connectivity index (χ4v) is 4.95. The van der Waals surface area contributed by atoms with E-state index in [-0.39, 0.29) is 4.90 Å². The molecule has 0 aromatic heterocycles. The van der Waals surface area contributed by atoms with Gasteiger partial charge in [-0.3, -0.25) is 4.55 Å². The first-order chi connectivity index (χ1) is 14.5. The molecule has 3 unspecified atom stereocenters. The Morgan fingerprint density at radius 1 is 0.742 bits per heavy atom. The van der Waals surface area contributed by atoms with Crippen LogP contribution in [0.1, 0.15) is 110 Å². The quantitative estimate of drug-likeness (QED) is 0.257. The van der Waals surface area contributed by atoms with Gasteiger partial charge in [0.05, 0.1) is 4.90 Å². The van der Waals surface area contributed by atoms with Crippen molar-refractivity contribution in [2.45, 2.75) is 117 Å². The lowest BCUT2D eigenvalue weighted by Gasteiger charge is -2.16. The van der Waals surface area contributed by atoms with Gasteiger partial charge in [0.1, 0.15) is 0 Å². The summed E-state index contributed by atoms with van der Waals surface area (Å²) < 4.78 is 32.0. The normalized spacial score (nSPS) is 15.2. The van der Waals surface area contributed by atoms with Crippen LogP contribution in [0.5, 0.6) is 0 Å². The highest BCUT2D eigenvalue weighted by atomic mass is 32.2. The molecule has 0 aliphatic carbocycles. The van der Waals surface area contributed by atoms with Crippen molar-refractivity contribution in [3.63, 3.8) is 0 Å². The molecule has 1 aromatic carbocycles. The third-order valence-electron chi connectivity index (χ3n) is 6.79. The minimum absolute atomic E-state index is 0.00354. The van der Waals surface area contributed by atoms with E-state index in [0.29, 0.717) is 5.92 Å². The molecule has 1 rings (SSSR count). The third-order valence-corrected chi connectivity index (χ3v) is 7.64. The lowest BCUT2D eigenvalue weighted by Crippen LogP contribution is -2.04. The molecule has 0 heterocycles. The Labute approximate surface area is 193 Å². The summed E-state index contributed by atoms with van der Waals surface area (Å²) in [5, 5.41) is 0. The zero-order valence-electron chi connectivity index (χ0n) is 21.0. The Hall–Kier alpha value is -0.870. The lowest BCUT2D eigenvalue weighted by molar-refractivity contribution is 0.374. The molecule has 0 aliphatic heterocycles. The van der Waals surface area contributed by atoms with Crippen molar-refractivity contribution in [3.8, 4) is 0 Å². The molecule has 1 N–H and O–H groups in total. The van der Waals surface area contributed by atoms with Crippen molar-refractivity contribution in [3.05, 3.63) is 29.3 Å². The summed E-state index contributed by atoms with van der Waals surface area (Å²) in [5.74, 6) is 3.14. The Morgan fingerprint density at radius 2 is 1.19 bits per heavy atom. The molecule has 0 bridgehead atoms. The Bertz CT molecular complexity index is 724. The van der Waals surface area contributed by atoms with Crippen molar-refractivity contribution in [2.75, 3.05) is 0 Å². The van der Waals surface area contributed by atoms with E-state index in [1.165, 1.54) is 63.9 Å². The molecule has 0 spiro atoms. The van der Waals surface area contributed by atoms with E-state index in [0.717, 1.165) is 41.7 Å². The molecule has 0 fully saturated rings. The monoisotopic (exact) mass is 452 g/mol. The maximum atomic E-state index is 11.4. The largest absolute Gasteiger partial charge is 0.294 e. The van der Waals surface area contributed by atoms with E-state index >= 15 is 0 Å². The van der Waals surface area contributed by atoms with Gasteiger partial charge in [-0.2, -0.15) is 8.42 Å². The first kappa shape index (κ1) is 28.2. The predicted molar refractivity (Wildman–Crippen MR) is 133 cm³/mol. The summed E-state index contributed by atoms with van der Waals surface area (Å²) in [6.07, 6.45) is 14.0. The molecule has 180 valence electrons. The Morgan fingerprint density at radius 3 is 1.65 bits per heavy atom. The zero-order chi connectivity index (χ0) is 23.4. The molecule has 3 nitrogen and oxygen atoms in total. The van der Waals surface area contributed by atoms with E-state index in [2.05, 4.69) is 34.6 Å². The van der Waals surface area contributed by atoms with Crippen molar-refractivity contribution in [1.29, 1.82) is 0 Å². The van der Waals surface area contributed by atoms with E-state index in [4.69, 9.17) is 0 Å². The molecule has 4 heteroatoms. The average molecular weight is 453 g/mol. The van der Waals surface area contributed by atoms with Crippen LogP contribution in [0, 0.1) is 30.6 Å². The van der Waals surface area contributed by atoms with E-state index < -0.39 is 10.1 Å². The SMILES string of the molecule is Cc1ccc(S(=O)(=O)O)cc1CCC(C)CCCC(C)CCCC(C)CCCC(C)C. The van der Waals surface area contributed by atoms with Crippen LogP contribution in [0.25, 0.3) is 0 Å². The fraction of sp³-hybridized carbons (Fsp3) is 0.778. The molecule has 0 amide bonds. The predicted octanol–water partition coefficient (Wildman–Crippen LogP) is 8.25. The summed E-state index contributed by atoms with van der Waals surface area (Å²) in [4.78, 5) is 0.00354. The number of rotatable bonds is 16. The van der Waals surface area contributed by atoms with Gasteiger partial charge in [-0.25, -0.2) is 0 Å². The van der Waals surface area contributed by atoms with Crippen LogP contribution in [-0.2, 0) is 16.5 Å². The highest BCUT2D eigenvalue weighted by molar-refractivity contribution is 7.85. The molecular formula is C27H48O3S. The van der Waals surface area contributed by atoms with Gasteiger partial charge < -0.3 is 0 Å². The van der Waals surface area contributed by atoms with Gasteiger partial charge in [0.2, 0.25) is 0 Å². The van der Waals surface area contributed by atoms with Crippen LogP contribution in [-0.4, -0.2) is 13.0 Å². The van der Waals surface area contributed by atoms with Crippen LogP contribution in [0.4, 0.5) is 0 Å². The summed E-state index contributed by atoms with van der Waals surface area (Å²) in [7, 11) is -4.13. The first-order valence-corrected chi connectivity index (χ1v) is 14.0. The molecule has 0 radical (unpaired) electrons. The highest BCUT2D eigenvalue weighted by Gasteiger charge is 2.13. The van der Waals surface area contributed by atoms with Crippen LogP contribution in [0.3, 0.4) is 0 Å². The zero-order valence-corrected chi connectivity index (χ0v) is 21.8. The summed E-state index contributed by atoms with van der Waals surface area (Å²) in [6.45, 7) is 13.7. The molecule has 0 saturated carbocycles. The Kier molecular flexibility index (Phi) is 13.0. The van der Waals surface area contributed by atoms with Gasteiger partial charge in [0.15, 0.2) is 0 Å². The van der Waals surface area contributed by atoms with Crippen LogP contribution in [0.2, 0.25) is 0 Å². The van der Waals surface area contributed by atoms with Gasteiger partial charge in [0, 0.05) is 0 Å². The second-order valence-corrected chi connectivity index (χ2v) is 12.0. The maximum Gasteiger partial charge on any atom is 0.294 e. The van der Waals surface area contributed by atoms with Crippen LogP contribution in [0.15, 0.2) is 23.1 Å². The maximum absolute atomic E-state index is 11.4. The molecule has 1 aromatic rings. The molecule has 31 heavy (non-hydrogen) atoms. The second kappa shape index (κ2) is 14.3. The number of benzene rings is 1. The lowest BCUT2D eigenvalue weighted by atomic mass is 9.90. The topological polar surface area (TPSA) is 54.4 Å². The summed E-state index contributed by atoms with van der Waals surface area (Å²) in [6, 6.07) is 4.89. The minimum atomic E-state index is -4.13. The number of hydrogen-bond acceptors (Lipinski definition) is 2. The van der Waals surface area contributed by atoms with E-state index in [1.54, 1.807) is 12.1 Å². The van der Waals surface area contributed by atoms with Crippen molar-refractivity contribution in [1.82, 2.24) is 0 Å². The first-order valence-electron chi connectivity index (χ1n) is 12.6. The minimum Gasteiger partial charge on any atom is -0.282 e. The summed E-state index contributed by atoms with van der Waals surface area (Å²) in [5.41, 5.74) is 2.12. The standard InChI is InChI=1S/C27H48O3S/c1-21(2)10-7-11-22(3)12-8-13-23(4)14-9-15-24(5)16-18-26-20-27(31(28,29)30)19-17-25(26)6/h17,19-24H,7-16,18H2,1-6H3,(H,28,29,30). The van der Waals surface area contributed by atoms with Crippen LogP contribution < -0.4 is 0 Å². The van der Waals surface area contributed by atoms with Crippen molar-refractivity contribution >= 4 is 10.1 Å². The van der Waals surface area contributed by atoms with Crippen molar-refractivity contribution in [2.24, 2.45) is 23.7 Å².